The van der Waals surface area contributed by atoms with Crippen LogP contribution < -0.4 is 10.5 Å². The Morgan fingerprint density at radius 3 is 2.87 bits per heavy atom. The fourth-order valence-electron chi connectivity index (χ4n) is 1.41. The lowest BCUT2D eigenvalue weighted by molar-refractivity contribution is -0.135. The molecule has 0 spiro atoms. The first-order chi connectivity index (χ1) is 6.58. The maximum Gasteiger partial charge on any atom is 0.313 e. The highest BCUT2D eigenvalue weighted by Crippen LogP contribution is 2.39. The molecule has 2 N–H and O–H groups in total. The van der Waals surface area contributed by atoms with Gasteiger partial charge in [-0.2, -0.15) is 0 Å². The summed E-state index contributed by atoms with van der Waals surface area (Å²) in [7, 11) is 0. The van der Waals surface area contributed by atoms with Crippen LogP contribution in [-0.4, -0.2) is 5.97 Å². The van der Waals surface area contributed by atoms with Gasteiger partial charge in [-0.05, 0) is 28.1 Å². The van der Waals surface area contributed by atoms with Crippen molar-refractivity contribution in [3.05, 3.63) is 27.2 Å². The number of hydrogen-bond donors (Lipinski definition) is 1. The second-order valence-electron chi connectivity index (χ2n) is 3.09. The monoisotopic (exact) mass is 311 g/mol. The van der Waals surface area contributed by atoms with Crippen LogP contribution in [0.5, 0.6) is 5.75 Å². The maximum atomic E-state index is 11.1. The van der Waals surface area contributed by atoms with Crippen molar-refractivity contribution in [2.24, 2.45) is 5.73 Å². The topological polar surface area (TPSA) is 52.3 Å². The minimum absolute atomic E-state index is 0. The molecule has 1 aliphatic heterocycles. The van der Waals surface area contributed by atoms with Crippen LogP contribution in [0.15, 0.2) is 16.6 Å². The molecule has 15 heavy (non-hydrogen) atoms. The first kappa shape index (κ1) is 12.8. The van der Waals surface area contributed by atoms with Gasteiger partial charge in [0.1, 0.15) is 5.75 Å². The predicted molar refractivity (Wildman–Crippen MR) is 63.6 cm³/mol. The van der Waals surface area contributed by atoms with Crippen LogP contribution >= 0.6 is 39.9 Å². The van der Waals surface area contributed by atoms with Crippen molar-refractivity contribution in [1.29, 1.82) is 0 Å². The SMILES string of the molecule is Cl.NC1CC(=O)Oc2c(Br)cc(Cl)cc21. The van der Waals surface area contributed by atoms with Crippen molar-refractivity contribution in [2.45, 2.75) is 12.5 Å². The van der Waals surface area contributed by atoms with Crippen LogP contribution in [0.4, 0.5) is 0 Å². The summed E-state index contributed by atoms with van der Waals surface area (Å²) in [5.41, 5.74) is 6.56. The summed E-state index contributed by atoms with van der Waals surface area (Å²) in [4.78, 5) is 11.1. The van der Waals surface area contributed by atoms with Gasteiger partial charge in [-0.3, -0.25) is 4.79 Å². The predicted octanol–water partition coefficient (Wildman–Crippen LogP) is 2.83. The molecule has 0 saturated heterocycles. The summed E-state index contributed by atoms with van der Waals surface area (Å²) in [6.07, 6.45) is 0.194. The van der Waals surface area contributed by atoms with Gasteiger partial charge in [0, 0.05) is 16.6 Å². The number of hydrogen-bond acceptors (Lipinski definition) is 3. The van der Waals surface area contributed by atoms with Crippen LogP contribution in [0.3, 0.4) is 0 Å². The van der Waals surface area contributed by atoms with E-state index >= 15 is 0 Å². The number of nitrogens with two attached hydrogens (primary N) is 1. The first-order valence-electron chi connectivity index (χ1n) is 4.03. The summed E-state index contributed by atoms with van der Waals surface area (Å²) in [6.45, 7) is 0. The van der Waals surface area contributed by atoms with Crippen molar-refractivity contribution >= 4 is 45.9 Å². The van der Waals surface area contributed by atoms with Gasteiger partial charge in [0.15, 0.2) is 0 Å². The van der Waals surface area contributed by atoms with E-state index in [2.05, 4.69) is 15.9 Å². The molecular weight excluding hydrogens is 305 g/mol. The van der Waals surface area contributed by atoms with Crippen LogP contribution in [0.2, 0.25) is 5.02 Å². The lowest BCUT2D eigenvalue weighted by atomic mass is 10.0. The Kier molecular flexibility index (Phi) is 4.00. The quantitative estimate of drug-likeness (QED) is 0.592. The van der Waals surface area contributed by atoms with Gasteiger partial charge in [0.25, 0.3) is 0 Å². The Morgan fingerprint density at radius 2 is 2.20 bits per heavy atom. The molecular formula is C9H8BrCl2NO2. The molecule has 0 radical (unpaired) electrons. The Balaban J connectivity index is 0.00000112. The standard InChI is InChI=1S/C9H7BrClNO2.ClH/c10-6-2-4(11)1-5-7(12)3-8(13)14-9(5)6;/h1-2,7H,3,12H2;1H. The lowest BCUT2D eigenvalue weighted by Crippen LogP contribution is -2.25. The van der Waals surface area contributed by atoms with E-state index in [4.69, 9.17) is 22.1 Å². The molecule has 6 heteroatoms. The van der Waals surface area contributed by atoms with Gasteiger partial charge in [-0.15, -0.1) is 12.4 Å². The van der Waals surface area contributed by atoms with Gasteiger partial charge in [0.2, 0.25) is 0 Å². The lowest BCUT2D eigenvalue weighted by Gasteiger charge is -2.22. The zero-order chi connectivity index (χ0) is 10.3. The van der Waals surface area contributed by atoms with E-state index in [1.54, 1.807) is 12.1 Å². The van der Waals surface area contributed by atoms with E-state index in [9.17, 15) is 4.79 Å². The molecule has 0 aliphatic carbocycles. The Hall–Kier alpha value is -0.290. The van der Waals surface area contributed by atoms with Gasteiger partial charge in [0.05, 0.1) is 10.9 Å². The van der Waals surface area contributed by atoms with Crippen LogP contribution in [0.25, 0.3) is 0 Å². The third kappa shape index (κ3) is 2.45. The normalized spacial score (nSPS) is 18.9. The van der Waals surface area contributed by atoms with E-state index < -0.39 is 0 Å². The molecule has 0 saturated carbocycles. The molecule has 0 amide bonds. The van der Waals surface area contributed by atoms with Crippen molar-refractivity contribution < 1.29 is 9.53 Å². The molecule has 1 unspecified atom stereocenters. The highest BCUT2D eigenvalue weighted by Gasteiger charge is 2.26. The largest absolute Gasteiger partial charge is 0.425 e. The van der Waals surface area contributed by atoms with Crippen molar-refractivity contribution in [3.8, 4) is 5.75 Å². The van der Waals surface area contributed by atoms with E-state index in [-0.39, 0.29) is 30.8 Å². The maximum absolute atomic E-state index is 11.1. The molecule has 3 nitrogen and oxygen atoms in total. The number of benzene rings is 1. The molecule has 1 heterocycles. The van der Waals surface area contributed by atoms with Crippen LogP contribution in [0.1, 0.15) is 18.0 Å². The number of carbonyl (C=O) groups excluding carboxylic acids is 1. The summed E-state index contributed by atoms with van der Waals surface area (Å²) in [5, 5.41) is 0.573. The summed E-state index contributed by atoms with van der Waals surface area (Å²) in [5.74, 6) is 0.172. The summed E-state index contributed by atoms with van der Waals surface area (Å²) < 4.78 is 5.72. The molecule has 1 aliphatic rings. The average Bonchev–Trinajstić information content (AvgIpc) is 2.07. The molecule has 82 valence electrons. The molecule has 1 aromatic rings. The van der Waals surface area contributed by atoms with E-state index in [0.29, 0.717) is 15.2 Å². The Bertz CT molecular complexity index is 411. The van der Waals surface area contributed by atoms with Gasteiger partial charge >= 0.3 is 5.97 Å². The van der Waals surface area contributed by atoms with Crippen molar-refractivity contribution in [1.82, 2.24) is 0 Å². The van der Waals surface area contributed by atoms with Gasteiger partial charge in [-0.25, -0.2) is 0 Å². The van der Waals surface area contributed by atoms with Crippen molar-refractivity contribution in [3.63, 3.8) is 0 Å². The second kappa shape index (κ2) is 4.70. The second-order valence-corrected chi connectivity index (χ2v) is 4.38. The van der Waals surface area contributed by atoms with E-state index in [1.165, 1.54) is 0 Å². The number of ether oxygens (including phenoxy) is 1. The number of rotatable bonds is 0. The number of carbonyl (C=O) groups is 1. The van der Waals surface area contributed by atoms with Gasteiger partial charge in [-0.1, -0.05) is 11.6 Å². The Labute approximate surface area is 106 Å². The van der Waals surface area contributed by atoms with E-state index in [1.807, 2.05) is 0 Å². The molecule has 1 aromatic carbocycles. The number of esters is 1. The molecule has 0 aromatic heterocycles. The highest BCUT2D eigenvalue weighted by atomic mass is 79.9. The first-order valence-corrected chi connectivity index (χ1v) is 5.20. The fourth-order valence-corrected chi connectivity index (χ4v) is 2.32. The van der Waals surface area contributed by atoms with Crippen molar-refractivity contribution in [2.75, 3.05) is 0 Å². The minimum Gasteiger partial charge on any atom is -0.425 e. The third-order valence-corrected chi connectivity index (χ3v) is 2.85. The fraction of sp³-hybridized carbons (Fsp3) is 0.222. The van der Waals surface area contributed by atoms with Crippen LogP contribution in [-0.2, 0) is 4.79 Å². The van der Waals surface area contributed by atoms with E-state index in [0.717, 1.165) is 5.56 Å². The number of fused-ring (bicyclic) bond motifs is 1. The smallest absolute Gasteiger partial charge is 0.313 e. The van der Waals surface area contributed by atoms with Crippen LogP contribution in [0, 0.1) is 0 Å². The number of halogens is 3. The Morgan fingerprint density at radius 1 is 1.53 bits per heavy atom. The molecule has 0 fully saturated rings. The zero-order valence-electron chi connectivity index (χ0n) is 7.50. The summed E-state index contributed by atoms with van der Waals surface area (Å²) in [6, 6.07) is 3.06. The minimum atomic E-state index is -0.332. The third-order valence-electron chi connectivity index (χ3n) is 2.04. The molecule has 0 bridgehead atoms. The molecule has 1 atom stereocenters. The molecule has 2 rings (SSSR count). The zero-order valence-corrected chi connectivity index (χ0v) is 10.7. The average molecular weight is 313 g/mol. The summed E-state index contributed by atoms with van der Waals surface area (Å²) >= 11 is 9.13. The van der Waals surface area contributed by atoms with Gasteiger partial charge < -0.3 is 10.5 Å². The highest BCUT2D eigenvalue weighted by molar-refractivity contribution is 9.10.